The summed E-state index contributed by atoms with van der Waals surface area (Å²) >= 11 is 0. The molecule has 0 aliphatic rings. The molecule has 0 fully saturated rings. The van der Waals surface area contributed by atoms with Gasteiger partial charge >= 0.3 is 0 Å². The maximum Gasteiger partial charge on any atom is 0.229 e. The molecule has 5 heteroatoms. The predicted octanol–water partition coefficient (Wildman–Crippen LogP) is 4.62. The van der Waals surface area contributed by atoms with E-state index in [4.69, 9.17) is 4.42 Å². The molecule has 1 N–H and O–H groups in total. The number of aromatic nitrogens is 1. The third kappa shape index (κ3) is 3.23. The van der Waals surface area contributed by atoms with Crippen molar-refractivity contribution in [2.45, 2.75) is 20.8 Å². The Hall–Kier alpha value is -2.69. The molecule has 2 aromatic carbocycles. The molecule has 0 saturated carbocycles. The lowest BCUT2D eigenvalue weighted by molar-refractivity contribution is -0.123. The molecular formula is C18H17FN2O2. The minimum absolute atomic E-state index is 0.0532. The van der Waals surface area contributed by atoms with Crippen LogP contribution in [0.3, 0.4) is 0 Å². The van der Waals surface area contributed by atoms with Crippen molar-refractivity contribution in [2.24, 2.45) is 5.41 Å². The van der Waals surface area contributed by atoms with Gasteiger partial charge in [0, 0.05) is 22.7 Å². The van der Waals surface area contributed by atoms with Gasteiger partial charge in [-0.25, -0.2) is 9.37 Å². The Morgan fingerprint density at radius 2 is 1.83 bits per heavy atom. The number of nitrogens with zero attached hydrogens (tertiary/aromatic N) is 1. The largest absolute Gasteiger partial charge is 0.436 e. The van der Waals surface area contributed by atoms with Crippen LogP contribution in [0.5, 0.6) is 0 Å². The van der Waals surface area contributed by atoms with E-state index < -0.39 is 5.41 Å². The Morgan fingerprint density at radius 3 is 2.48 bits per heavy atom. The molecule has 3 rings (SSSR count). The van der Waals surface area contributed by atoms with Crippen LogP contribution in [0.15, 0.2) is 46.9 Å². The average Bonchev–Trinajstić information content (AvgIpc) is 2.90. The monoisotopic (exact) mass is 312 g/mol. The van der Waals surface area contributed by atoms with Crippen LogP contribution in [0.25, 0.3) is 22.6 Å². The molecule has 0 unspecified atom stereocenters. The van der Waals surface area contributed by atoms with Gasteiger partial charge in [-0.1, -0.05) is 20.8 Å². The highest BCUT2D eigenvalue weighted by molar-refractivity contribution is 5.94. The van der Waals surface area contributed by atoms with Crippen molar-refractivity contribution in [3.63, 3.8) is 0 Å². The first-order chi connectivity index (χ1) is 10.8. The van der Waals surface area contributed by atoms with Gasteiger partial charge in [-0.2, -0.15) is 0 Å². The Kier molecular flexibility index (Phi) is 3.64. The second-order valence-electron chi connectivity index (χ2n) is 6.41. The molecule has 1 heterocycles. The summed E-state index contributed by atoms with van der Waals surface area (Å²) in [7, 11) is 0. The summed E-state index contributed by atoms with van der Waals surface area (Å²) in [6.07, 6.45) is 0. The smallest absolute Gasteiger partial charge is 0.229 e. The molecule has 4 nitrogen and oxygen atoms in total. The number of fused-ring (bicyclic) bond motifs is 1. The fourth-order valence-corrected chi connectivity index (χ4v) is 2.04. The summed E-state index contributed by atoms with van der Waals surface area (Å²) in [5, 5.41) is 2.86. The van der Waals surface area contributed by atoms with Crippen LogP contribution >= 0.6 is 0 Å². The highest BCUT2D eigenvalue weighted by atomic mass is 19.1. The van der Waals surface area contributed by atoms with Gasteiger partial charge in [0.15, 0.2) is 5.58 Å². The quantitative estimate of drug-likeness (QED) is 0.751. The highest BCUT2D eigenvalue weighted by Crippen LogP contribution is 2.26. The number of hydrogen-bond acceptors (Lipinski definition) is 3. The van der Waals surface area contributed by atoms with Crippen molar-refractivity contribution >= 4 is 22.7 Å². The maximum atomic E-state index is 13.2. The third-order valence-corrected chi connectivity index (χ3v) is 3.42. The van der Waals surface area contributed by atoms with Crippen LogP contribution < -0.4 is 5.32 Å². The van der Waals surface area contributed by atoms with Crippen LogP contribution in [0.4, 0.5) is 10.1 Å². The predicted molar refractivity (Wildman–Crippen MR) is 87.5 cm³/mol. The number of halogens is 1. The molecule has 1 aromatic heterocycles. The summed E-state index contributed by atoms with van der Waals surface area (Å²) in [6.45, 7) is 5.57. The zero-order valence-corrected chi connectivity index (χ0v) is 13.2. The second-order valence-corrected chi connectivity index (χ2v) is 6.41. The third-order valence-electron chi connectivity index (χ3n) is 3.42. The molecule has 1 amide bonds. The first kappa shape index (κ1) is 15.2. The number of benzene rings is 2. The molecule has 23 heavy (non-hydrogen) atoms. The van der Waals surface area contributed by atoms with Crippen LogP contribution in [0, 0.1) is 11.2 Å². The first-order valence-corrected chi connectivity index (χ1v) is 7.31. The van der Waals surface area contributed by atoms with E-state index in [0.717, 1.165) is 5.56 Å². The number of oxazole rings is 1. The number of carbonyl (C=O) groups excluding carboxylic acids is 1. The average molecular weight is 312 g/mol. The van der Waals surface area contributed by atoms with E-state index in [-0.39, 0.29) is 11.7 Å². The van der Waals surface area contributed by atoms with Gasteiger partial charge in [0.2, 0.25) is 11.8 Å². The second kappa shape index (κ2) is 5.50. The number of nitrogens with one attached hydrogen (secondary N) is 1. The number of rotatable bonds is 2. The van der Waals surface area contributed by atoms with Gasteiger partial charge in [0.25, 0.3) is 0 Å². The van der Waals surface area contributed by atoms with Crippen LogP contribution in [-0.2, 0) is 4.79 Å². The Balaban J connectivity index is 1.85. The van der Waals surface area contributed by atoms with E-state index in [2.05, 4.69) is 10.3 Å². The SMILES string of the molecule is CC(C)(C)C(=O)Nc1ccc(-c2nc3cc(F)ccc3o2)cc1. The van der Waals surface area contributed by atoms with E-state index in [9.17, 15) is 9.18 Å². The molecule has 0 aliphatic carbocycles. The zero-order chi connectivity index (χ0) is 16.6. The lowest BCUT2D eigenvalue weighted by Gasteiger charge is -2.17. The van der Waals surface area contributed by atoms with Crippen molar-refractivity contribution in [3.05, 3.63) is 48.3 Å². The first-order valence-electron chi connectivity index (χ1n) is 7.31. The van der Waals surface area contributed by atoms with E-state index >= 15 is 0 Å². The standard InChI is InChI=1S/C18H17FN2O2/c1-18(2,3)17(22)20-13-7-4-11(5-8-13)16-21-14-10-12(19)6-9-15(14)23-16/h4-10H,1-3H3,(H,20,22). The normalized spacial score (nSPS) is 11.7. The fraction of sp³-hybridized carbons (Fsp3) is 0.222. The summed E-state index contributed by atoms with van der Waals surface area (Å²) in [5.74, 6) is 0.0134. The molecular weight excluding hydrogens is 295 g/mol. The number of anilines is 1. The van der Waals surface area contributed by atoms with Crippen molar-refractivity contribution in [1.82, 2.24) is 4.98 Å². The fourth-order valence-electron chi connectivity index (χ4n) is 2.04. The minimum atomic E-state index is -0.455. The zero-order valence-electron chi connectivity index (χ0n) is 13.2. The summed E-state index contributed by atoms with van der Waals surface area (Å²) in [5.41, 5.74) is 2.02. The summed E-state index contributed by atoms with van der Waals surface area (Å²) in [4.78, 5) is 16.2. The lowest BCUT2D eigenvalue weighted by Crippen LogP contribution is -2.27. The van der Waals surface area contributed by atoms with E-state index in [1.54, 1.807) is 30.3 Å². The van der Waals surface area contributed by atoms with E-state index in [1.165, 1.54) is 12.1 Å². The van der Waals surface area contributed by atoms with Crippen molar-refractivity contribution < 1.29 is 13.6 Å². The summed E-state index contributed by atoms with van der Waals surface area (Å²) in [6, 6.07) is 11.4. The molecule has 3 aromatic rings. The lowest BCUT2D eigenvalue weighted by atomic mass is 9.95. The van der Waals surface area contributed by atoms with Crippen LogP contribution in [-0.4, -0.2) is 10.9 Å². The van der Waals surface area contributed by atoms with Gasteiger partial charge in [-0.3, -0.25) is 4.79 Å². The van der Waals surface area contributed by atoms with E-state index in [0.29, 0.717) is 22.7 Å². The van der Waals surface area contributed by atoms with Gasteiger partial charge in [0.1, 0.15) is 11.3 Å². The minimum Gasteiger partial charge on any atom is -0.436 e. The van der Waals surface area contributed by atoms with Gasteiger partial charge in [-0.15, -0.1) is 0 Å². The van der Waals surface area contributed by atoms with Gasteiger partial charge in [0.05, 0.1) is 0 Å². The number of amides is 1. The maximum absolute atomic E-state index is 13.2. The molecule has 0 spiro atoms. The van der Waals surface area contributed by atoms with Crippen molar-refractivity contribution in [1.29, 1.82) is 0 Å². The van der Waals surface area contributed by atoms with Crippen molar-refractivity contribution in [3.8, 4) is 11.5 Å². The molecule has 0 bridgehead atoms. The molecule has 0 atom stereocenters. The Labute approximate surface area is 133 Å². The molecule has 0 aliphatic heterocycles. The molecule has 0 radical (unpaired) electrons. The van der Waals surface area contributed by atoms with Crippen LogP contribution in [0.2, 0.25) is 0 Å². The highest BCUT2D eigenvalue weighted by Gasteiger charge is 2.21. The number of carbonyl (C=O) groups is 1. The van der Waals surface area contributed by atoms with Crippen LogP contribution in [0.1, 0.15) is 20.8 Å². The molecule has 0 saturated heterocycles. The summed E-state index contributed by atoms with van der Waals surface area (Å²) < 4.78 is 18.8. The number of hydrogen-bond donors (Lipinski definition) is 1. The van der Waals surface area contributed by atoms with Crippen molar-refractivity contribution in [2.75, 3.05) is 5.32 Å². The topological polar surface area (TPSA) is 55.1 Å². The van der Waals surface area contributed by atoms with E-state index in [1.807, 2.05) is 20.8 Å². The van der Waals surface area contributed by atoms with Gasteiger partial charge < -0.3 is 9.73 Å². The van der Waals surface area contributed by atoms with Gasteiger partial charge in [-0.05, 0) is 36.4 Å². The molecule has 118 valence electrons. The Bertz CT molecular complexity index is 861. The Morgan fingerprint density at radius 1 is 1.13 bits per heavy atom.